The summed E-state index contributed by atoms with van der Waals surface area (Å²) in [7, 11) is 0. The zero-order valence-electron chi connectivity index (χ0n) is 13.8. The Balaban J connectivity index is 1.27. The molecule has 136 valence electrons. The van der Waals surface area contributed by atoms with Crippen LogP contribution in [0, 0.1) is 0 Å². The van der Waals surface area contributed by atoms with E-state index >= 15 is 0 Å². The van der Waals surface area contributed by atoms with Gasteiger partial charge in [0, 0.05) is 0 Å². The molecule has 4 rings (SSSR count). The van der Waals surface area contributed by atoms with Crippen molar-refractivity contribution in [3.05, 3.63) is 48.6 Å². The summed E-state index contributed by atoms with van der Waals surface area (Å²) < 4.78 is 22.4. The molecule has 0 aromatic heterocycles. The summed E-state index contributed by atoms with van der Waals surface area (Å²) in [5.74, 6) is 0.0646. The lowest BCUT2D eigenvalue weighted by atomic mass is 10.1. The third-order valence-electron chi connectivity index (χ3n) is 4.20. The van der Waals surface area contributed by atoms with E-state index in [0.29, 0.717) is 11.5 Å². The highest BCUT2D eigenvalue weighted by molar-refractivity contribution is 5.87. The van der Waals surface area contributed by atoms with Gasteiger partial charge in [-0.3, -0.25) is 20.4 Å². The van der Waals surface area contributed by atoms with Gasteiger partial charge in [-0.25, -0.2) is 0 Å². The molecule has 8 nitrogen and oxygen atoms in total. The molecule has 0 bridgehead atoms. The monoisotopic (exact) mass is 358 g/mol. The predicted molar refractivity (Wildman–Crippen MR) is 89.3 cm³/mol. The zero-order chi connectivity index (χ0) is 17.9. The molecule has 1 aliphatic carbocycles. The van der Waals surface area contributed by atoms with Crippen molar-refractivity contribution >= 4 is 11.8 Å². The van der Waals surface area contributed by atoms with Crippen molar-refractivity contribution in [1.82, 2.24) is 10.9 Å². The van der Waals surface area contributed by atoms with Crippen molar-refractivity contribution in [1.29, 1.82) is 0 Å². The number of para-hydroxylation sites is 2. The first-order chi connectivity index (χ1) is 12.7. The van der Waals surface area contributed by atoms with Gasteiger partial charge >= 0.3 is 0 Å². The number of hydrazine groups is 1. The minimum absolute atomic E-state index is 0.0582. The number of benzene rings is 1. The van der Waals surface area contributed by atoms with Crippen molar-refractivity contribution in [2.24, 2.45) is 0 Å². The number of ether oxygens (including phenoxy) is 4. The van der Waals surface area contributed by atoms with E-state index in [-0.39, 0.29) is 25.4 Å². The van der Waals surface area contributed by atoms with Crippen molar-refractivity contribution in [2.75, 3.05) is 13.2 Å². The quantitative estimate of drug-likeness (QED) is 0.736. The molecule has 2 aliphatic heterocycles. The summed E-state index contributed by atoms with van der Waals surface area (Å²) in [6.45, 7) is 0.167. The van der Waals surface area contributed by atoms with Crippen molar-refractivity contribution in [3.63, 3.8) is 0 Å². The summed E-state index contributed by atoms with van der Waals surface area (Å²) in [5.41, 5.74) is 4.69. The summed E-state index contributed by atoms with van der Waals surface area (Å²) in [6.07, 6.45) is 5.24. The molecule has 1 fully saturated rings. The third kappa shape index (κ3) is 3.42. The summed E-state index contributed by atoms with van der Waals surface area (Å²) in [4.78, 5) is 24.4. The Morgan fingerprint density at radius 2 is 1.58 bits per heavy atom. The fraction of sp³-hybridized carbons (Fsp3) is 0.333. The molecule has 2 amide bonds. The Kier molecular flexibility index (Phi) is 4.59. The minimum Gasteiger partial charge on any atom is -0.485 e. The number of nitrogens with one attached hydrogen (secondary N) is 2. The molecule has 1 saturated heterocycles. The molecule has 26 heavy (non-hydrogen) atoms. The van der Waals surface area contributed by atoms with E-state index in [1.165, 1.54) is 0 Å². The number of fused-ring (bicyclic) bond motifs is 2. The molecule has 0 radical (unpaired) electrons. The lowest BCUT2D eigenvalue weighted by molar-refractivity contribution is -0.169. The molecular formula is C18H18N2O6. The van der Waals surface area contributed by atoms with Crippen LogP contribution in [-0.4, -0.2) is 49.4 Å². The largest absolute Gasteiger partial charge is 0.485 e. The van der Waals surface area contributed by atoms with Crippen molar-refractivity contribution < 1.29 is 28.5 Å². The molecule has 0 unspecified atom stereocenters. The van der Waals surface area contributed by atoms with E-state index in [9.17, 15) is 9.59 Å². The zero-order valence-corrected chi connectivity index (χ0v) is 13.8. The number of carbonyl (C=O) groups is 2. The van der Waals surface area contributed by atoms with Crippen LogP contribution in [0.3, 0.4) is 0 Å². The smallest absolute Gasteiger partial charge is 0.283 e. The Morgan fingerprint density at radius 1 is 0.885 bits per heavy atom. The first kappa shape index (κ1) is 16.6. The minimum atomic E-state index is -0.857. The molecule has 4 atom stereocenters. The Bertz CT molecular complexity index is 762. The van der Waals surface area contributed by atoms with Gasteiger partial charge in [0.1, 0.15) is 18.8 Å². The van der Waals surface area contributed by atoms with Gasteiger partial charge < -0.3 is 18.9 Å². The predicted octanol–water partition coefficient (Wildman–Crippen LogP) is 0.252. The van der Waals surface area contributed by atoms with Gasteiger partial charge in [0.2, 0.25) is 6.10 Å². The van der Waals surface area contributed by atoms with E-state index in [1.54, 1.807) is 18.2 Å². The molecule has 0 saturated carbocycles. The number of carbonyl (C=O) groups excluding carboxylic acids is 2. The number of amides is 2. The lowest BCUT2D eigenvalue weighted by Crippen LogP contribution is -2.56. The van der Waals surface area contributed by atoms with Gasteiger partial charge in [-0.15, -0.1) is 0 Å². The van der Waals surface area contributed by atoms with Crippen LogP contribution in [-0.2, 0) is 19.1 Å². The molecule has 1 aromatic carbocycles. The second-order valence-electron chi connectivity index (χ2n) is 6.00. The second-order valence-corrected chi connectivity index (χ2v) is 6.00. The number of hydrogen-bond acceptors (Lipinski definition) is 6. The molecule has 1 aromatic rings. The second kappa shape index (κ2) is 7.19. The highest BCUT2D eigenvalue weighted by Crippen LogP contribution is 2.30. The Labute approximate surface area is 149 Å². The maximum atomic E-state index is 12.2. The van der Waals surface area contributed by atoms with E-state index < -0.39 is 24.0 Å². The molecule has 2 N–H and O–H groups in total. The van der Waals surface area contributed by atoms with Crippen LogP contribution in [0.15, 0.2) is 48.6 Å². The number of rotatable bonds is 2. The average Bonchev–Trinajstić information content (AvgIpc) is 2.71. The summed E-state index contributed by atoms with van der Waals surface area (Å²) >= 11 is 0. The van der Waals surface area contributed by atoms with E-state index in [4.69, 9.17) is 18.9 Å². The van der Waals surface area contributed by atoms with E-state index in [1.807, 2.05) is 30.4 Å². The van der Waals surface area contributed by atoms with Crippen molar-refractivity contribution in [3.8, 4) is 11.5 Å². The Hall–Kier alpha value is -2.84. The van der Waals surface area contributed by atoms with Crippen LogP contribution in [0.2, 0.25) is 0 Å². The van der Waals surface area contributed by atoms with Crippen LogP contribution in [0.1, 0.15) is 0 Å². The van der Waals surface area contributed by atoms with Crippen molar-refractivity contribution in [2.45, 2.75) is 24.4 Å². The molecule has 2 heterocycles. The summed E-state index contributed by atoms with van der Waals surface area (Å²) in [5, 5.41) is 0. The SMILES string of the molecule is O=C(NNC(=O)[C@H]1COc2ccccc2O1)[C@@H]1CO[C@@H]2C=CC=C[C@H]2O1. The van der Waals surface area contributed by atoms with Gasteiger partial charge in [0.05, 0.1) is 6.61 Å². The number of allylic oxidation sites excluding steroid dienone is 2. The first-order valence-electron chi connectivity index (χ1n) is 8.31. The van der Waals surface area contributed by atoms with Gasteiger partial charge in [0.25, 0.3) is 11.8 Å². The highest BCUT2D eigenvalue weighted by atomic mass is 16.6. The van der Waals surface area contributed by atoms with Crippen LogP contribution in [0.25, 0.3) is 0 Å². The normalized spacial score (nSPS) is 28.8. The van der Waals surface area contributed by atoms with Crippen LogP contribution in [0.5, 0.6) is 11.5 Å². The van der Waals surface area contributed by atoms with E-state index in [2.05, 4.69) is 10.9 Å². The molecule has 3 aliphatic rings. The summed E-state index contributed by atoms with van der Waals surface area (Å²) in [6, 6.07) is 7.07. The first-order valence-corrected chi connectivity index (χ1v) is 8.31. The number of hydrogen-bond donors (Lipinski definition) is 2. The van der Waals surface area contributed by atoms with Crippen LogP contribution < -0.4 is 20.3 Å². The van der Waals surface area contributed by atoms with Gasteiger partial charge in [-0.2, -0.15) is 0 Å². The average molecular weight is 358 g/mol. The maximum absolute atomic E-state index is 12.2. The van der Waals surface area contributed by atoms with E-state index in [0.717, 1.165) is 0 Å². The molecule has 0 spiro atoms. The van der Waals surface area contributed by atoms with Gasteiger partial charge in [-0.1, -0.05) is 36.4 Å². The van der Waals surface area contributed by atoms with Crippen LogP contribution in [0.4, 0.5) is 0 Å². The lowest BCUT2D eigenvalue weighted by Gasteiger charge is -2.34. The maximum Gasteiger partial charge on any atom is 0.283 e. The fourth-order valence-electron chi connectivity index (χ4n) is 2.84. The van der Waals surface area contributed by atoms with Gasteiger partial charge in [0.15, 0.2) is 17.6 Å². The fourth-order valence-corrected chi connectivity index (χ4v) is 2.84. The molecule has 8 heteroatoms. The highest BCUT2D eigenvalue weighted by Gasteiger charge is 2.34. The third-order valence-corrected chi connectivity index (χ3v) is 4.20. The van der Waals surface area contributed by atoms with Gasteiger partial charge in [-0.05, 0) is 12.1 Å². The topological polar surface area (TPSA) is 95.1 Å². The standard InChI is InChI=1S/C18H18N2O6/c21-17(15-9-23-11-5-1-3-7-13(11)25-15)19-20-18(22)16-10-24-12-6-2-4-8-14(12)26-16/h1-8,11,13,15-16H,9-10H2,(H,19,21)(H,20,22)/t11-,13-,15+,16-/m1/s1. The Morgan fingerprint density at radius 3 is 2.38 bits per heavy atom. The van der Waals surface area contributed by atoms with Crippen LogP contribution >= 0.6 is 0 Å². The molecular weight excluding hydrogens is 340 g/mol.